The van der Waals surface area contributed by atoms with Gasteiger partial charge in [0.25, 0.3) is 0 Å². The minimum Gasteiger partial charge on any atom is -0.477 e. The topological polar surface area (TPSA) is 64.5 Å². The van der Waals surface area contributed by atoms with Crippen molar-refractivity contribution in [1.82, 2.24) is 14.9 Å². The number of likely N-dealkylation sites (tertiary alicyclic amines) is 1. The number of hydrogen-bond acceptors (Lipinski definition) is 6. The fourth-order valence-corrected chi connectivity index (χ4v) is 2.95. The highest BCUT2D eigenvalue weighted by atomic mass is 35.5. The molecule has 0 spiro atoms. The van der Waals surface area contributed by atoms with E-state index in [1.54, 1.807) is 11.0 Å². The first-order valence-corrected chi connectivity index (χ1v) is 9.56. The summed E-state index contributed by atoms with van der Waals surface area (Å²) in [7, 11) is 0. The second-order valence-electron chi connectivity index (χ2n) is 6.74. The van der Waals surface area contributed by atoms with Gasteiger partial charge >= 0.3 is 6.09 Å². The quantitative estimate of drug-likeness (QED) is 0.453. The highest BCUT2D eigenvalue weighted by molar-refractivity contribution is 7.98. The zero-order chi connectivity index (χ0) is 17.7. The third kappa shape index (κ3) is 6.02. The highest BCUT2D eigenvalue weighted by Crippen LogP contribution is 2.23. The Labute approximate surface area is 152 Å². The number of carbonyl (C=O) groups is 1. The first-order chi connectivity index (χ1) is 11.3. The summed E-state index contributed by atoms with van der Waals surface area (Å²) in [6.45, 7) is 7.56. The second kappa shape index (κ2) is 8.25. The van der Waals surface area contributed by atoms with Gasteiger partial charge in [-0.2, -0.15) is 4.98 Å². The fraction of sp³-hybridized carbons (Fsp3) is 0.688. The lowest BCUT2D eigenvalue weighted by molar-refractivity contribution is 0.0164. The van der Waals surface area contributed by atoms with Gasteiger partial charge in [0, 0.05) is 19.2 Å². The predicted octanol–water partition coefficient (Wildman–Crippen LogP) is 3.88. The molecule has 24 heavy (non-hydrogen) atoms. The number of nitrogens with zero attached hydrogens (tertiary/aromatic N) is 3. The summed E-state index contributed by atoms with van der Waals surface area (Å²) in [5.41, 5.74) is -0.460. The minimum atomic E-state index is -0.460. The molecule has 8 heteroatoms. The Bertz CT molecular complexity index is 572. The van der Waals surface area contributed by atoms with Crippen molar-refractivity contribution in [2.24, 2.45) is 5.92 Å². The Kier molecular flexibility index (Phi) is 6.57. The van der Waals surface area contributed by atoms with Crippen LogP contribution < -0.4 is 4.74 Å². The Morgan fingerprint density at radius 2 is 2.04 bits per heavy atom. The molecule has 0 radical (unpaired) electrons. The first kappa shape index (κ1) is 19.1. The molecule has 1 aromatic heterocycles. The van der Waals surface area contributed by atoms with E-state index < -0.39 is 5.60 Å². The van der Waals surface area contributed by atoms with E-state index in [0.29, 0.717) is 41.8 Å². The first-order valence-electron chi connectivity index (χ1n) is 7.96. The molecule has 2 heterocycles. The molecule has 134 valence electrons. The standard InChI is InChI=1S/C16H24ClN3O3S/c1-16(2,3)23-15(21)20-7-5-11(6-8-20)10-22-13-9-12(17)18-14(19-13)24-4/h9,11H,5-8,10H2,1-4H3. The van der Waals surface area contributed by atoms with Crippen LogP contribution in [0, 0.1) is 5.92 Å². The van der Waals surface area contributed by atoms with Crippen LogP contribution in [0.3, 0.4) is 0 Å². The molecule has 0 bridgehead atoms. The van der Waals surface area contributed by atoms with E-state index in [1.807, 2.05) is 27.0 Å². The zero-order valence-corrected chi connectivity index (χ0v) is 16.1. The van der Waals surface area contributed by atoms with E-state index in [9.17, 15) is 4.79 Å². The molecule has 0 atom stereocenters. The molecule has 1 aliphatic rings. The lowest BCUT2D eigenvalue weighted by atomic mass is 9.98. The molecule has 0 N–H and O–H groups in total. The monoisotopic (exact) mass is 373 g/mol. The van der Waals surface area contributed by atoms with Gasteiger partial charge in [-0.3, -0.25) is 0 Å². The number of rotatable bonds is 4. The van der Waals surface area contributed by atoms with E-state index >= 15 is 0 Å². The molecule has 6 nitrogen and oxygen atoms in total. The molecule has 1 aromatic rings. The van der Waals surface area contributed by atoms with Gasteiger partial charge in [-0.05, 0) is 45.8 Å². The van der Waals surface area contributed by atoms with Crippen LogP contribution in [0.15, 0.2) is 11.2 Å². The number of ether oxygens (including phenoxy) is 2. The second-order valence-corrected chi connectivity index (χ2v) is 7.90. The third-order valence-corrected chi connectivity index (χ3v) is 4.31. The average Bonchev–Trinajstić information content (AvgIpc) is 2.51. The van der Waals surface area contributed by atoms with E-state index in [-0.39, 0.29) is 6.09 Å². The molecule has 1 aliphatic heterocycles. The number of carbonyl (C=O) groups excluding carboxylic acids is 1. The minimum absolute atomic E-state index is 0.242. The van der Waals surface area contributed by atoms with Gasteiger partial charge in [-0.25, -0.2) is 9.78 Å². The molecule has 0 aliphatic carbocycles. The van der Waals surface area contributed by atoms with Crippen LogP contribution in [0.25, 0.3) is 0 Å². The number of halogens is 1. The number of thioether (sulfide) groups is 1. The van der Waals surface area contributed by atoms with Crippen LogP contribution in [-0.2, 0) is 4.74 Å². The zero-order valence-electron chi connectivity index (χ0n) is 14.5. The molecule has 0 saturated carbocycles. The summed E-state index contributed by atoms with van der Waals surface area (Å²) in [5, 5.41) is 0.973. The molecule has 0 unspecified atom stereocenters. The van der Waals surface area contributed by atoms with Crippen molar-refractivity contribution in [1.29, 1.82) is 0 Å². The van der Waals surface area contributed by atoms with Crippen molar-refractivity contribution >= 4 is 29.5 Å². The van der Waals surface area contributed by atoms with Gasteiger partial charge < -0.3 is 14.4 Å². The van der Waals surface area contributed by atoms with Gasteiger partial charge in [0.1, 0.15) is 10.8 Å². The lowest BCUT2D eigenvalue weighted by Crippen LogP contribution is -2.42. The lowest BCUT2D eigenvalue weighted by Gasteiger charge is -2.33. The van der Waals surface area contributed by atoms with Gasteiger partial charge in [0.15, 0.2) is 5.16 Å². The Morgan fingerprint density at radius 1 is 1.38 bits per heavy atom. The predicted molar refractivity (Wildman–Crippen MR) is 94.8 cm³/mol. The van der Waals surface area contributed by atoms with Crippen molar-refractivity contribution in [3.8, 4) is 5.88 Å². The number of amides is 1. The van der Waals surface area contributed by atoms with Crippen molar-refractivity contribution in [3.05, 3.63) is 11.2 Å². The van der Waals surface area contributed by atoms with Crippen molar-refractivity contribution in [2.75, 3.05) is 26.0 Å². The van der Waals surface area contributed by atoms with Gasteiger partial charge in [0.05, 0.1) is 6.61 Å². The van der Waals surface area contributed by atoms with Gasteiger partial charge in [-0.15, -0.1) is 0 Å². The van der Waals surface area contributed by atoms with Crippen molar-refractivity contribution < 1.29 is 14.3 Å². The number of piperidine rings is 1. The highest BCUT2D eigenvalue weighted by Gasteiger charge is 2.27. The van der Waals surface area contributed by atoms with Gasteiger partial charge in [0.2, 0.25) is 5.88 Å². The molecular weight excluding hydrogens is 350 g/mol. The molecule has 2 rings (SSSR count). The molecular formula is C16H24ClN3O3S. The maximum Gasteiger partial charge on any atom is 0.410 e. The van der Waals surface area contributed by atoms with E-state index in [1.165, 1.54) is 11.8 Å². The van der Waals surface area contributed by atoms with Crippen molar-refractivity contribution in [2.45, 2.75) is 44.4 Å². The summed E-state index contributed by atoms with van der Waals surface area (Å²) in [6.07, 6.45) is 3.41. The maximum absolute atomic E-state index is 12.0. The summed E-state index contributed by atoms with van der Waals surface area (Å²) < 4.78 is 11.2. The molecule has 1 amide bonds. The largest absolute Gasteiger partial charge is 0.477 e. The smallest absolute Gasteiger partial charge is 0.410 e. The normalized spacial score (nSPS) is 16.1. The number of aromatic nitrogens is 2. The Morgan fingerprint density at radius 3 is 2.62 bits per heavy atom. The van der Waals surface area contributed by atoms with E-state index in [4.69, 9.17) is 21.1 Å². The Balaban J connectivity index is 1.79. The Hall–Kier alpha value is -1.21. The summed E-state index contributed by atoms with van der Waals surface area (Å²) in [4.78, 5) is 22.2. The summed E-state index contributed by atoms with van der Waals surface area (Å²) in [5.74, 6) is 0.879. The van der Waals surface area contributed by atoms with Gasteiger partial charge in [-0.1, -0.05) is 23.4 Å². The van der Waals surface area contributed by atoms with Crippen LogP contribution in [0.1, 0.15) is 33.6 Å². The SMILES string of the molecule is CSc1nc(Cl)cc(OCC2CCN(C(=O)OC(C)(C)C)CC2)n1. The van der Waals surface area contributed by atoms with E-state index in [2.05, 4.69) is 9.97 Å². The molecule has 1 fully saturated rings. The summed E-state index contributed by atoms with van der Waals surface area (Å²) >= 11 is 7.38. The van der Waals surface area contributed by atoms with Crippen LogP contribution in [0.4, 0.5) is 4.79 Å². The average molecular weight is 374 g/mol. The fourth-order valence-electron chi connectivity index (χ4n) is 2.35. The van der Waals surface area contributed by atoms with Crippen molar-refractivity contribution in [3.63, 3.8) is 0 Å². The van der Waals surface area contributed by atoms with Crippen LogP contribution >= 0.6 is 23.4 Å². The molecule has 1 saturated heterocycles. The summed E-state index contributed by atoms with van der Waals surface area (Å²) in [6, 6.07) is 1.62. The maximum atomic E-state index is 12.0. The van der Waals surface area contributed by atoms with Crippen LogP contribution in [-0.4, -0.2) is 52.5 Å². The third-order valence-electron chi connectivity index (χ3n) is 3.57. The number of hydrogen-bond donors (Lipinski definition) is 0. The van der Waals surface area contributed by atoms with E-state index in [0.717, 1.165) is 12.8 Å². The van der Waals surface area contributed by atoms with Crippen LogP contribution in [0.5, 0.6) is 5.88 Å². The molecule has 0 aromatic carbocycles. The van der Waals surface area contributed by atoms with Crippen LogP contribution in [0.2, 0.25) is 5.15 Å².